The molecule has 0 saturated heterocycles. The monoisotopic (exact) mass is 330 g/mol. The molecule has 1 rings (SSSR count). The minimum absolute atomic E-state index is 0.149. The van der Waals surface area contributed by atoms with E-state index < -0.39 is 24.0 Å². The molecule has 19 heavy (non-hydrogen) atoms. The predicted octanol–water partition coefficient (Wildman–Crippen LogP) is 0.792. The molecule has 0 aliphatic carbocycles. The van der Waals surface area contributed by atoms with Gasteiger partial charge in [-0.1, -0.05) is 12.1 Å². The molecule has 1 amide bonds. The number of phenolic OH excluding ortho intramolecular Hbond substituents is 1. The highest BCUT2D eigenvalue weighted by Crippen LogP contribution is 2.11. The van der Waals surface area contributed by atoms with Gasteiger partial charge in [0.25, 0.3) is 0 Å². The fourth-order valence-electron chi connectivity index (χ4n) is 1.42. The summed E-state index contributed by atoms with van der Waals surface area (Å²) in [5, 5.41) is 20.3. The van der Waals surface area contributed by atoms with E-state index in [2.05, 4.69) is 25.8 Å². The van der Waals surface area contributed by atoms with Crippen LogP contribution >= 0.6 is 16.1 Å². The number of carbonyl (C=O) groups is 2. The summed E-state index contributed by atoms with van der Waals surface area (Å²) >= 11 is 3.01. The number of benzene rings is 1. The van der Waals surface area contributed by atoms with Crippen LogP contribution in [-0.2, 0) is 16.0 Å². The zero-order valence-electron chi connectivity index (χ0n) is 10.3. The topological polar surface area (TPSA) is 98.7 Å². The Kier molecular flexibility index (Phi) is 5.78. The first kappa shape index (κ1) is 15.5. The minimum atomic E-state index is -1.09. The largest absolute Gasteiger partial charge is 0.508 e. The van der Waals surface area contributed by atoms with Gasteiger partial charge in [-0.15, -0.1) is 0 Å². The van der Waals surface area contributed by atoms with Crippen LogP contribution in [0.1, 0.15) is 12.5 Å². The molecule has 4 N–H and O–H groups in total. The Morgan fingerprint density at radius 2 is 1.89 bits per heavy atom. The molecule has 0 aromatic heterocycles. The van der Waals surface area contributed by atoms with E-state index in [-0.39, 0.29) is 5.75 Å². The molecular formula is C12H15BrN2O4. The fraction of sp³-hybridized carbons (Fsp3) is 0.333. The highest BCUT2D eigenvalue weighted by molar-refractivity contribution is 9.08. The summed E-state index contributed by atoms with van der Waals surface area (Å²) in [6.45, 7) is 1.39. The van der Waals surface area contributed by atoms with Crippen LogP contribution in [0.3, 0.4) is 0 Å². The standard InChI is InChI=1S/C12H15BrN2O4/c1-7(12(18)19)14-11(17)10(15-13)6-8-2-4-9(16)5-3-8/h2-5,7,10,15-16H,6H2,1H3,(H,14,17)(H,18,19)/t7-,10-/m0/s1. The quantitative estimate of drug-likeness (QED) is 0.578. The zero-order chi connectivity index (χ0) is 14.4. The van der Waals surface area contributed by atoms with Crippen LogP contribution in [0.25, 0.3) is 0 Å². The second kappa shape index (κ2) is 7.10. The van der Waals surface area contributed by atoms with Crippen molar-refractivity contribution in [2.75, 3.05) is 0 Å². The molecule has 0 unspecified atom stereocenters. The van der Waals surface area contributed by atoms with Crippen LogP contribution in [0.2, 0.25) is 0 Å². The SMILES string of the molecule is C[C@H](NC(=O)[C@H](Cc1ccc(O)cc1)NBr)C(=O)O. The second-order valence-electron chi connectivity index (χ2n) is 4.10. The first-order chi connectivity index (χ1) is 8.93. The minimum Gasteiger partial charge on any atom is -0.508 e. The highest BCUT2D eigenvalue weighted by Gasteiger charge is 2.21. The molecule has 2 atom stereocenters. The number of hydrogen-bond acceptors (Lipinski definition) is 4. The van der Waals surface area contributed by atoms with Crippen LogP contribution < -0.4 is 9.66 Å². The van der Waals surface area contributed by atoms with E-state index in [1.165, 1.54) is 19.1 Å². The van der Waals surface area contributed by atoms with Crippen molar-refractivity contribution in [1.29, 1.82) is 0 Å². The molecule has 0 bridgehead atoms. The summed E-state index contributed by atoms with van der Waals surface area (Å²) in [6, 6.07) is 4.89. The Hall–Kier alpha value is -1.60. The summed E-state index contributed by atoms with van der Waals surface area (Å²) in [4.78, 5) is 22.5. The zero-order valence-corrected chi connectivity index (χ0v) is 11.8. The average molecular weight is 331 g/mol. The van der Waals surface area contributed by atoms with E-state index in [1.54, 1.807) is 12.1 Å². The van der Waals surface area contributed by atoms with Crippen LogP contribution in [0.4, 0.5) is 0 Å². The third-order valence-electron chi connectivity index (χ3n) is 2.55. The van der Waals surface area contributed by atoms with Crippen molar-refractivity contribution in [3.05, 3.63) is 29.8 Å². The Morgan fingerprint density at radius 3 is 2.37 bits per heavy atom. The molecule has 1 aromatic carbocycles. The Bertz CT molecular complexity index is 450. The number of hydrogen-bond donors (Lipinski definition) is 4. The van der Waals surface area contributed by atoms with Gasteiger partial charge >= 0.3 is 5.97 Å². The maximum absolute atomic E-state index is 11.8. The normalized spacial score (nSPS) is 13.6. The lowest BCUT2D eigenvalue weighted by molar-refractivity contribution is -0.141. The van der Waals surface area contributed by atoms with Crippen molar-refractivity contribution >= 4 is 28.0 Å². The summed E-state index contributed by atoms with van der Waals surface area (Å²) in [5.41, 5.74) is 0.841. The third-order valence-corrected chi connectivity index (χ3v) is 3.11. The summed E-state index contributed by atoms with van der Waals surface area (Å²) in [7, 11) is 0. The number of phenols is 1. The number of aromatic hydroxyl groups is 1. The molecule has 0 spiro atoms. The van der Waals surface area contributed by atoms with Crippen molar-refractivity contribution in [3.8, 4) is 5.75 Å². The lowest BCUT2D eigenvalue weighted by atomic mass is 10.1. The predicted molar refractivity (Wildman–Crippen MR) is 72.9 cm³/mol. The maximum Gasteiger partial charge on any atom is 0.325 e. The van der Waals surface area contributed by atoms with Crippen LogP contribution in [0, 0.1) is 0 Å². The van der Waals surface area contributed by atoms with Crippen molar-refractivity contribution in [2.24, 2.45) is 0 Å². The van der Waals surface area contributed by atoms with E-state index in [0.29, 0.717) is 6.42 Å². The van der Waals surface area contributed by atoms with Crippen LogP contribution in [-0.4, -0.2) is 34.2 Å². The first-order valence-corrected chi connectivity index (χ1v) is 6.40. The molecule has 0 heterocycles. The molecule has 0 saturated carbocycles. The number of aliphatic carboxylic acids is 1. The lowest BCUT2D eigenvalue weighted by Crippen LogP contribution is -2.47. The number of carbonyl (C=O) groups excluding carboxylic acids is 1. The van der Waals surface area contributed by atoms with E-state index >= 15 is 0 Å². The van der Waals surface area contributed by atoms with Crippen molar-refractivity contribution in [2.45, 2.75) is 25.4 Å². The van der Waals surface area contributed by atoms with Gasteiger partial charge < -0.3 is 15.5 Å². The molecule has 1 aromatic rings. The number of nitrogens with one attached hydrogen (secondary N) is 2. The molecule has 6 nitrogen and oxygen atoms in total. The molecule has 0 aliphatic rings. The molecule has 7 heteroatoms. The van der Waals surface area contributed by atoms with Crippen LogP contribution in [0.5, 0.6) is 5.75 Å². The van der Waals surface area contributed by atoms with Gasteiger partial charge in [0.15, 0.2) is 0 Å². The van der Waals surface area contributed by atoms with Gasteiger partial charge in [0, 0.05) is 16.1 Å². The number of carboxylic acids is 1. The van der Waals surface area contributed by atoms with Gasteiger partial charge in [-0.2, -0.15) is 0 Å². The van der Waals surface area contributed by atoms with Crippen molar-refractivity contribution < 1.29 is 19.8 Å². The molecular weight excluding hydrogens is 316 g/mol. The third kappa shape index (κ3) is 4.88. The molecule has 104 valence electrons. The van der Waals surface area contributed by atoms with E-state index in [0.717, 1.165) is 5.56 Å². The smallest absolute Gasteiger partial charge is 0.325 e. The fourth-order valence-corrected chi connectivity index (χ4v) is 1.79. The molecule has 0 aliphatic heterocycles. The number of rotatable bonds is 6. The summed E-state index contributed by atoms with van der Waals surface area (Å²) in [5.74, 6) is -1.36. The van der Waals surface area contributed by atoms with Gasteiger partial charge in [-0.25, -0.2) is 4.34 Å². The molecule has 0 radical (unpaired) electrons. The summed E-state index contributed by atoms with van der Waals surface area (Å²) in [6.07, 6.45) is 0.365. The number of amides is 1. The molecule has 0 fully saturated rings. The summed E-state index contributed by atoms with van der Waals surface area (Å²) < 4.78 is 2.65. The van der Waals surface area contributed by atoms with Gasteiger partial charge in [-0.05, 0) is 31.0 Å². The maximum atomic E-state index is 11.8. The second-order valence-corrected chi connectivity index (χ2v) is 4.56. The Balaban J connectivity index is 2.64. The van der Waals surface area contributed by atoms with Gasteiger partial charge in [0.05, 0.1) is 0 Å². The number of carboxylic acid groups (broad SMARTS) is 1. The average Bonchev–Trinajstić information content (AvgIpc) is 2.37. The highest BCUT2D eigenvalue weighted by atomic mass is 79.9. The van der Waals surface area contributed by atoms with Crippen LogP contribution in [0.15, 0.2) is 24.3 Å². The lowest BCUT2D eigenvalue weighted by Gasteiger charge is -2.17. The van der Waals surface area contributed by atoms with Crippen molar-refractivity contribution in [3.63, 3.8) is 0 Å². The van der Waals surface area contributed by atoms with E-state index in [1.807, 2.05) is 0 Å². The first-order valence-electron chi connectivity index (χ1n) is 5.61. The van der Waals surface area contributed by atoms with E-state index in [9.17, 15) is 9.59 Å². The van der Waals surface area contributed by atoms with Crippen molar-refractivity contribution in [1.82, 2.24) is 9.66 Å². The van der Waals surface area contributed by atoms with E-state index in [4.69, 9.17) is 10.2 Å². The Labute approximate surface area is 119 Å². The van der Waals surface area contributed by atoms with Gasteiger partial charge in [-0.3, -0.25) is 9.59 Å². The number of halogens is 1. The van der Waals surface area contributed by atoms with Gasteiger partial charge in [0.2, 0.25) is 5.91 Å². The Morgan fingerprint density at radius 1 is 1.32 bits per heavy atom. The van der Waals surface area contributed by atoms with Gasteiger partial charge in [0.1, 0.15) is 17.8 Å².